The van der Waals surface area contributed by atoms with Gasteiger partial charge in [0.05, 0.1) is 48.6 Å². The predicted octanol–water partition coefficient (Wildman–Crippen LogP) is 2.61. The molecule has 0 amide bonds. The highest BCUT2D eigenvalue weighted by Gasteiger charge is 2.20. The summed E-state index contributed by atoms with van der Waals surface area (Å²) >= 11 is 0. The predicted molar refractivity (Wildman–Crippen MR) is 125 cm³/mol. The Balaban J connectivity index is 1.30. The standard InChI is InChI=1S/C23H22N8O2/c32-14-18-12-30(7-8-33-18)21-4-3-17(11-25-21)27-22-23-24-5-6-31(23)13-20(28-22)15-1-2-16-10-26-29-19(16)9-15/h1-6,9-11,13,18,32H,7-8,12,14H2,(H,26,29)(H,27,28)/t18-/m1/s1. The number of benzene rings is 1. The summed E-state index contributed by atoms with van der Waals surface area (Å²) in [6.07, 6.45) is 9.01. The smallest absolute Gasteiger partial charge is 0.180 e. The molecule has 0 saturated carbocycles. The van der Waals surface area contributed by atoms with Crippen LogP contribution in [0.25, 0.3) is 27.8 Å². The fourth-order valence-electron chi connectivity index (χ4n) is 4.07. The summed E-state index contributed by atoms with van der Waals surface area (Å²) < 4.78 is 7.48. The van der Waals surface area contributed by atoms with Crippen LogP contribution in [0.1, 0.15) is 0 Å². The zero-order chi connectivity index (χ0) is 22.2. The van der Waals surface area contributed by atoms with E-state index in [2.05, 4.69) is 30.4 Å². The maximum atomic E-state index is 9.38. The molecule has 0 spiro atoms. The van der Waals surface area contributed by atoms with Gasteiger partial charge in [0.2, 0.25) is 0 Å². The van der Waals surface area contributed by atoms with Crippen LogP contribution in [-0.4, -0.2) is 67.1 Å². The Morgan fingerprint density at radius 1 is 1.18 bits per heavy atom. The number of rotatable bonds is 5. The van der Waals surface area contributed by atoms with Crippen LogP contribution in [-0.2, 0) is 4.74 Å². The van der Waals surface area contributed by atoms with E-state index in [1.54, 1.807) is 18.6 Å². The number of H-pyrrole nitrogens is 1. The van der Waals surface area contributed by atoms with E-state index in [4.69, 9.17) is 9.72 Å². The molecule has 1 fully saturated rings. The van der Waals surface area contributed by atoms with Crippen molar-refractivity contribution in [3.8, 4) is 11.3 Å². The van der Waals surface area contributed by atoms with Crippen molar-refractivity contribution in [2.75, 3.05) is 36.5 Å². The Morgan fingerprint density at radius 2 is 2.15 bits per heavy atom. The van der Waals surface area contributed by atoms with Crippen molar-refractivity contribution >= 4 is 33.9 Å². The number of ether oxygens (including phenoxy) is 1. The molecule has 6 rings (SSSR count). The second-order valence-corrected chi connectivity index (χ2v) is 7.96. The fraction of sp³-hybridized carbons (Fsp3) is 0.217. The summed E-state index contributed by atoms with van der Waals surface area (Å²) in [5.74, 6) is 1.49. The largest absolute Gasteiger partial charge is 0.394 e. The lowest BCUT2D eigenvalue weighted by atomic mass is 10.1. The topological polar surface area (TPSA) is 116 Å². The minimum atomic E-state index is -0.181. The van der Waals surface area contributed by atoms with Gasteiger partial charge in [-0.15, -0.1) is 0 Å². The molecule has 10 heteroatoms. The first kappa shape index (κ1) is 19.6. The molecule has 5 heterocycles. The third-order valence-electron chi connectivity index (χ3n) is 5.79. The molecule has 4 aromatic heterocycles. The van der Waals surface area contributed by atoms with Gasteiger partial charge in [0.15, 0.2) is 11.5 Å². The van der Waals surface area contributed by atoms with Crippen molar-refractivity contribution in [2.24, 2.45) is 0 Å². The number of aliphatic hydroxyl groups excluding tert-OH is 1. The van der Waals surface area contributed by atoms with E-state index in [1.165, 1.54) is 0 Å². The number of nitrogens with zero attached hydrogens (tertiary/aromatic N) is 6. The lowest BCUT2D eigenvalue weighted by Gasteiger charge is -2.32. The summed E-state index contributed by atoms with van der Waals surface area (Å²) in [6.45, 7) is 1.95. The summed E-state index contributed by atoms with van der Waals surface area (Å²) in [4.78, 5) is 16.0. The number of pyridine rings is 1. The number of aromatic amines is 1. The number of imidazole rings is 1. The maximum absolute atomic E-state index is 9.38. The molecule has 1 aromatic carbocycles. The van der Waals surface area contributed by atoms with Gasteiger partial charge in [0.25, 0.3) is 0 Å². The van der Waals surface area contributed by atoms with Crippen LogP contribution in [0.4, 0.5) is 17.3 Å². The van der Waals surface area contributed by atoms with Gasteiger partial charge in [0.1, 0.15) is 5.82 Å². The number of hydrogen-bond donors (Lipinski definition) is 3. The Kier molecular flexibility index (Phi) is 4.85. The molecule has 0 radical (unpaired) electrons. The first-order valence-electron chi connectivity index (χ1n) is 10.7. The Bertz CT molecular complexity index is 1410. The molecule has 3 N–H and O–H groups in total. The van der Waals surface area contributed by atoms with Crippen LogP contribution >= 0.6 is 0 Å². The maximum Gasteiger partial charge on any atom is 0.180 e. The van der Waals surface area contributed by atoms with Gasteiger partial charge >= 0.3 is 0 Å². The van der Waals surface area contributed by atoms with E-state index >= 15 is 0 Å². The molecule has 1 aliphatic heterocycles. The number of morpholine rings is 1. The van der Waals surface area contributed by atoms with Gasteiger partial charge in [-0.05, 0) is 18.2 Å². The van der Waals surface area contributed by atoms with Gasteiger partial charge in [0, 0.05) is 42.6 Å². The quantitative estimate of drug-likeness (QED) is 0.380. The van der Waals surface area contributed by atoms with Crippen LogP contribution in [0.2, 0.25) is 0 Å². The minimum absolute atomic E-state index is 0.00572. The van der Waals surface area contributed by atoms with Crippen LogP contribution in [0.5, 0.6) is 0 Å². The fourth-order valence-corrected chi connectivity index (χ4v) is 4.07. The number of aromatic nitrogens is 6. The van der Waals surface area contributed by atoms with E-state index in [0.29, 0.717) is 19.0 Å². The van der Waals surface area contributed by atoms with Gasteiger partial charge in [-0.25, -0.2) is 15.0 Å². The zero-order valence-corrected chi connectivity index (χ0v) is 17.7. The molecule has 1 atom stereocenters. The summed E-state index contributed by atoms with van der Waals surface area (Å²) in [5.41, 5.74) is 4.28. The van der Waals surface area contributed by atoms with E-state index in [0.717, 1.165) is 45.9 Å². The lowest BCUT2D eigenvalue weighted by molar-refractivity contribution is 0.00336. The molecule has 1 aliphatic rings. The lowest BCUT2D eigenvalue weighted by Crippen LogP contribution is -2.44. The Labute approximate surface area is 188 Å². The number of nitrogens with one attached hydrogen (secondary N) is 2. The molecule has 166 valence electrons. The van der Waals surface area contributed by atoms with E-state index in [9.17, 15) is 5.11 Å². The molecule has 1 saturated heterocycles. The number of aliphatic hydroxyl groups is 1. The van der Waals surface area contributed by atoms with Gasteiger partial charge in [-0.2, -0.15) is 5.10 Å². The molecule has 10 nitrogen and oxygen atoms in total. The normalized spacial score (nSPS) is 16.5. The van der Waals surface area contributed by atoms with Crippen molar-refractivity contribution in [3.05, 3.63) is 61.3 Å². The monoisotopic (exact) mass is 442 g/mol. The summed E-state index contributed by atoms with van der Waals surface area (Å²) in [6, 6.07) is 10.0. The van der Waals surface area contributed by atoms with E-state index in [1.807, 2.05) is 47.1 Å². The zero-order valence-electron chi connectivity index (χ0n) is 17.7. The molecule has 33 heavy (non-hydrogen) atoms. The van der Waals surface area contributed by atoms with Crippen molar-refractivity contribution in [3.63, 3.8) is 0 Å². The van der Waals surface area contributed by atoms with Crippen molar-refractivity contribution < 1.29 is 9.84 Å². The van der Waals surface area contributed by atoms with Crippen LogP contribution < -0.4 is 10.2 Å². The molecule has 0 aliphatic carbocycles. The molecule has 0 unspecified atom stereocenters. The third kappa shape index (κ3) is 3.75. The molecular formula is C23H22N8O2. The van der Waals surface area contributed by atoms with Crippen molar-refractivity contribution in [1.29, 1.82) is 0 Å². The van der Waals surface area contributed by atoms with Crippen molar-refractivity contribution in [2.45, 2.75) is 6.10 Å². The van der Waals surface area contributed by atoms with E-state index < -0.39 is 0 Å². The molecule has 5 aromatic rings. The first-order valence-corrected chi connectivity index (χ1v) is 10.7. The van der Waals surface area contributed by atoms with Gasteiger partial charge < -0.3 is 24.5 Å². The van der Waals surface area contributed by atoms with Crippen LogP contribution in [0, 0.1) is 0 Å². The van der Waals surface area contributed by atoms with Crippen molar-refractivity contribution in [1.82, 2.24) is 29.5 Å². The highest BCUT2D eigenvalue weighted by molar-refractivity contribution is 5.84. The minimum Gasteiger partial charge on any atom is -0.394 e. The molecule has 0 bridgehead atoms. The number of fused-ring (bicyclic) bond motifs is 2. The second kappa shape index (κ2) is 8.15. The number of hydrogen-bond acceptors (Lipinski definition) is 8. The highest BCUT2D eigenvalue weighted by atomic mass is 16.5. The second-order valence-electron chi connectivity index (χ2n) is 7.96. The number of anilines is 3. The summed E-state index contributed by atoms with van der Waals surface area (Å²) in [5, 5.41) is 20.9. The summed E-state index contributed by atoms with van der Waals surface area (Å²) in [7, 11) is 0. The third-order valence-corrected chi connectivity index (χ3v) is 5.79. The van der Waals surface area contributed by atoms with E-state index in [-0.39, 0.29) is 12.7 Å². The average molecular weight is 442 g/mol. The highest BCUT2D eigenvalue weighted by Crippen LogP contribution is 2.27. The van der Waals surface area contributed by atoms with Crippen LogP contribution in [0.3, 0.4) is 0 Å². The Hall–Kier alpha value is -4.02. The first-order chi connectivity index (χ1) is 16.3. The van der Waals surface area contributed by atoms with Crippen LogP contribution in [0.15, 0.2) is 61.3 Å². The van der Waals surface area contributed by atoms with Gasteiger partial charge in [-0.1, -0.05) is 12.1 Å². The Morgan fingerprint density at radius 3 is 3.03 bits per heavy atom. The molecular weight excluding hydrogens is 420 g/mol. The average Bonchev–Trinajstić information content (AvgIpc) is 3.53. The van der Waals surface area contributed by atoms with Gasteiger partial charge in [-0.3, -0.25) is 5.10 Å². The SMILES string of the molecule is OC[C@H]1CN(c2ccc(Nc3nc(-c4ccc5cn[nH]c5c4)cn4ccnc34)cn2)CCO1.